The lowest BCUT2D eigenvalue weighted by atomic mass is 10.2. The minimum Gasteiger partial charge on any atom is -0.370 e. The summed E-state index contributed by atoms with van der Waals surface area (Å²) < 4.78 is 0. The molecule has 1 aliphatic rings. The number of rotatable bonds is 5. The van der Waals surface area contributed by atoms with Gasteiger partial charge in [0.25, 0.3) is 0 Å². The van der Waals surface area contributed by atoms with E-state index in [1.165, 1.54) is 0 Å². The average molecular weight is 276 g/mol. The van der Waals surface area contributed by atoms with Crippen molar-refractivity contribution in [3.63, 3.8) is 0 Å². The summed E-state index contributed by atoms with van der Waals surface area (Å²) in [6.45, 7) is 6.89. The van der Waals surface area contributed by atoms with Crippen LogP contribution in [0.5, 0.6) is 0 Å². The molecule has 0 spiro atoms. The Morgan fingerprint density at radius 1 is 1.15 bits per heavy atom. The van der Waals surface area contributed by atoms with Crippen LogP contribution < -0.4 is 5.32 Å². The summed E-state index contributed by atoms with van der Waals surface area (Å²) in [7, 11) is 0. The molecule has 6 nitrogen and oxygen atoms in total. The first kappa shape index (κ1) is 14.3. The molecule has 108 valence electrons. The van der Waals surface area contributed by atoms with Gasteiger partial charge in [-0.2, -0.15) is 0 Å². The van der Waals surface area contributed by atoms with E-state index in [0.717, 1.165) is 17.9 Å². The van der Waals surface area contributed by atoms with Crippen LogP contribution in [0.2, 0.25) is 0 Å². The summed E-state index contributed by atoms with van der Waals surface area (Å²) >= 11 is 0. The Hall–Kier alpha value is -2.11. The molecule has 0 atom stereocenters. The van der Waals surface area contributed by atoms with E-state index in [2.05, 4.69) is 10.3 Å². The van der Waals surface area contributed by atoms with E-state index in [9.17, 15) is 9.59 Å². The molecule has 1 fully saturated rings. The Kier molecular flexibility index (Phi) is 4.55. The Balaban J connectivity index is 1.99. The van der Waals surface area contributed by atoms with Crippen LogP contribution in [0.4, 0.5) is 5.82 Å². The Labute approximate surface area is 118 Å². The van der Waals surface area contributed by atoms with E-state index in [0.29, 0.717) is 26.2 Å². The van der Waals surface area contributed by atoms with Crippen LogP contribution in [0.15, 0.2) is 18.3 Å². The van der Waals surface area contributed by atoms with Crippen molar-refractivity contribution in [2.45, 2.75) is 20.4 Å². The first-order valence-corrected chi connectivity index (χ1v) is 6.92. The molecule has 0 aromatic carbocycles. The SMILES string of the molecule is CCNc1ccc(CN2CCN(CC)C(=O)C2=O)cn1. The van der Waals surface area contributed by atoms with Gasteiger partial charge in [0.2, 0.25) is 0 Å². The van der Waals surface area contributed by atoms with Crippen LogP contribution in [0, 0.1) is 0 Å². The zero-order valence-electron chi connectivity index (χ0n) is 11.9. The lowest BCUT2D eigenvalue weighted by Crippen LogP contribution is -2.53. The monoisotopic (exact) mass is 276 g/mol. The van der Waals surface area contributed by atoms with E-state index in [1.54, 1.807) is 16.0 Å². The van der Waals surface area contributed by atoms with Crippen LogP contribution in [-0.4, -0.2) is 52.8 Å². The highest BCUT2D eigenvalue weighted by atomic mass is 16.2. The van der Waals surface area contributed by atoms with Gasteiger partial charge in [0.1, 0.15) is 5.82 Å². The molecule has 0 radical (unpaired) electrons. The predicted molar refractivity (Wildman–Crippen MR) is 76.1 cm³/mol. The maximum atomic E-state index is 12.0. The number of likely N-dealkylation sites (N-methyl/N-ethyl adjacent to an activating group) is 1. The van der Waals surface area contributed by atoms with Gasteiger partial charge in [0, 0.05) is 38.9 Å². The van der Waals surface area contributed by atoms with Gasteiger partial charge in [-0.25, -0.2) is 4.98 Å². The summed E-state index contributed by atoms with van der Waals surface area (Å²) in [5, 5.41) is 3.12. The zero-order chi connectivity index (χ0) is 14.5. The molecule has 0 unspecified atom stereocenters. The second-order valence-electron chi connectivity index (χ2n) is 4.69. The van der Waals surface area contributed by atoms with Gasteiger partial charge in [-0.3, -0.25) is 9.59 Å². The Morgan fingerprint density at radius 2 is 1.85 bits per heavy atom. The first-order chi connectivity index (χ1) is 9.65. The van der Waals surface area contributed by atoms with Crippen molar-refractivity contribution >= 4 is 17.6 Å². The largest absolute Gasteiger partial charge is 0.370 e. The first-order valence-electron chi connectivity index (χ1n) is 6.92. The average Bonchev–Trinajstić information content (AvgIpc) is 2.46. The highest BCUT2D eigenvalue weighted by Gasteiger charge is 2.31. The Morgan fingerprint density at radius 3 is 2.45 bits per heavy atom. The fourth-order valence-corrected chi connectivity index (χ4v) is 2.19. The summed E-state index contributed by atoms with van der Waals surface area (Å²) in [4.78, 5) is 31.2. The van der Waals surface area contributed by atoms with Crippen molar-refractivity contribution in [2.24, 2.45) is 0 Å². The minimum atomic E-state index is -0.422. The van der Waals surface area contributed by atoms with Gasteiger partial charge in [0.05, 0.1) is 0 Å². The molecule has 1 aliphatic heterocycles. The van der Waals surface area contributed by atoms with Gasteiger partial charge >= 0.3 is 11.8 Å². The predicted octanol–water partition coefficient (Wildman–Crippen LogP) is 0.704. The number of aromatic nitrogens is 1. The molecule has 1 aromatic rings. The molecule has 2 rings (SSSR count). The van der Waals surface area contributed by atoms with Gasteiger partial charge in [-0.15, -0.1) is 0 Å². The lowest BCUT2D eigenvalue weighted by Gasteiger charge is -2.33. The summed E-state index contributed by atoms with van der Waals surface area (Å²) in [6, 6.07) is 3.81. The molecule has 6 heteroatoms. The Bertz CT molecular complexity index is 486. The number of piperazine rings is 1. The highest BCUT2D eigenvalue weighted by Crippen LogP contribution is 2.11. The third-order valence-electron chi connectivity index (χ3n) is 3.34. The third-order valence-corrected chi connectivity index (χ3v) is 3.34. The maximum Gasteiger partial charge on any atom is 0.312 e. The molecule has 2 heterocycles. The second-order valence-corrected chi connectivity index (χ2v) is 4.69. The van der Waals surface area contributed by atoms with E-state index in [1.807, 2.05) is 26.0 Å². The van der Waals surface area contributed by atoms with E-state index in [-0.39, 0.29) is 0 Å². The number of hydrogen-bond donors (Lipinski definition) is 1. The fraction of sp³-hybridized carbons (Fsp3) is 0.500. The van der Waals surface area contributed by atoms with Crippen LogP contribution in [0.25, 0.3) is 0 Å². The molecule has 0 saturated carbocycles. The van der Waals surface area contributed by atoms with Crippen LogP contribution in [-0.2, 0) is 16.1 Å². The molecule has 1 aromatic heterocycles. The topological polar surface area (TPSA) is 65.5 Å². The molecule has 20 heavy (non-hydrogen) atoms. The zero-order valence-corrected chi connectivity index (χ0v) is 11.9. The normalized spacial score (nSPS) is 15.7. The van der Waals surface area contributed by atoms with E-state index < -0.39 is 11.8 Å². The minimum absolute atomic E-state index is 0.407. The van der Waals surface area contributed by atoms with Gasteiger partial charge in [0.15, 0.2) is 0 Å². The lowest BCUT2D eigenvalue weighted by molar-refractivity contribution is -0.156. The van der Waals surface area contributed by atoms with Gasteiger partial charge in [-0.1, -0.05) is 6.07 Å². The van der Waals surface area contributed by atoms with Crippen molar-refractivity contribution < 1.29 is 9.59 Å². The standard InChI is InChI=1S/C14H20N4O2/c1-3-15-12-6-5-11(9-16-12)10-18-8-7-17(4-2)13(19)14(18)20/h5-6,9H,3-4,7-8,10H2,1-2H3,(H,15,16). The number of carbonyl (C=O) groups excluding carboxylic acids is 2. The van der Waals surface area contributed by atoms with Crippen molar-refractivity contribution in [1.29, 1.82) is 0 Å². The molecule has 0 bridgehead atoms. The van der Waals surface area contributed by atoms with Crippen molar-refractivity contribution in [2.75, 3.05) is 31.5 Å². The van der Waals surface area contributed by atoms with Crippen LogP contribution in [0.3, 0.4) is 0 Å². The number of nitrogens with one attached hydrogen (secondary N) is 1. The van der Waals surface area contributed by atoms with Crippen LogP contribution in [0.1, 0.15) is 19.4 Å². The number of amides is 2. The number of nitrogens with zero attached hydrogens (tertiary/aromatic N) is 3. The van der Waals surface area contributed by atoms with Crippen LogP contribution >= 0.6 is 0 Å². The summed E-state index contributed by atoms with van der Waals surface area (Å²) in [6.07, 6.45) is 1.74. The number of carbonyl (C=O) groups is 2. The smallest absolute Gasteiger partial charge is 0.312 e. The quantitative estimate of drug-likeness (QED) is 0.804. The molecule has 1 N–H and O–H groups in total. The van der Waals surface area contributed by atoms with Gasteiger partial charge in [-0.05, 0) is 25.5 Å². The second kappa shape index (κ2) is 6.36. The number of anilines is 1. The molecular weight excluding hydrogens is 256 g/mol. The van der Waals surface area contributed by atoms with Crippen molar-refractivity contribution in [1.82, 2.24) is 14.8 Å². The number of hydrogen-bond acceptors (Lipinski definition) is 4. The van der Waals surface area contributed by atoms with Crippen molar-refractivity contribution in [3.05, 3.63) is 23.9 Å². The fourth-order valence-electron chi connectivity index (χ4n) is 2.19. The van der Waals surface area contributed by atoms with Gasteiger partial charge < -0.3 is 15.1 Å². The summed E-state index contributed by atoms with van der Waals surface area (Å²) in [5.41, 5.74) is 0.928. The summed E-state index contributed by atoms with van der Waals surface area (Å²) in [5.74, 6) is -0.0145. The van der Waals surface area contributed by atoms with Crippen molar-refractivity contribution in [3.8, 4) is 0 Å². The number of pyridine rings is 1. The molecule has 0 aliphatic carbocycles. The molecule has 2 amide bonds. The molecule has 1 saturated heterocycles. The van der Waals surface area contributed by atoms with E-state index >= 15 is 0 Å². The third kappa shape index (κ3) is 3.07. The molecular formula is C14H20N4O2. The maximum absolute atomic E-state index is 12.0. The highest BCUT2D eigenvalue weighted by molar-refractivity contribution is 6.35. The van der Waals surface area contributed by atoms with E-state index in [4.69, 9.17) is 0 Å².